The molecule has 0 saturated carbocycles. The third-order valence-electron chi connectivity index (χ3n) is 8.27. The molecule has 0 aliphatic heterocycles. The molecule has 0 fully saturated rings. The van der Waals surface area contributed by atoms with Crippen LogP contribution in [-0.2, 0) is 0 Å². The second kappa shape index (κ2) is 18.4. The van der Waals surface area contributed by atoms with E-state index in [2.05, 4.69) is 36.6 Å². The number of aliphatic hydroxyl groups excluding tert-OH is 4. The lowest BCUT2D eigenvalue weighted by molar-refractivity contribution is 0.0890. The van der Waals surface area contributed by atoms with Crippen molar-refractivity contribution in [2.75, 3.05) is 39.5 Å². The van der Waals surface area contributed by atoms with Crippen LogP contribution in [0.1, 0.15) is 47.3 Å². The summed E-state index contributed by atoms with van der Waals surface area (Å²) in [5.41, 5.74) is 5.77. The molecule has 8 nitrogen and oxygen atoms in total. The van der Waals surface area contributed by atoms with Gasteiger partial charge >= 0.3 is 0 Å². The Balaban J connectivity index is 1.26. The first-order chi connectivity index (χ1) is 22.4. The van der Waals surface area contributed by atoms with Gasteiger partial charge in [-0.2, -0.15) is 0 Å². The zero-order chi connectivity index (χ0) is 32.7. The lowest BCUT2D eigenvalue weighted by atomic mass is 9.95. The highest BCUT2D eigenvalue weighted by Gasteiger charge is 2.20. The smallest absolute Gasteiger partial charge is 0.122 e. The van der Waals surface area contributed by atoms with Crippen LogP contribution < -0.4 is 20.1 Å². The number of benzene rings is 4. The number of nitrogens with one attached hydrogen (secondary N) is 2. The molecule has 6 N–H and O–H groups in total. The first-order valence-corrected chi connectivity index (χ1v) is 16.0. The fourth-order valence-electron chi connectivity index (χ4n) is 5.53. The van der Waals surface area contributed by atoms with Gasteiger partial charge in [-0.25, -0.2) is 0 Å². The number of aliphatic hydroxyl groups is 4. The quantitative estimate of drug-likeness (QED) is 0.0813. The van der Waals surface area contributed by atoms with Gasteiger partial charge in [-0.3, -0.25) is 0 Å². The lowest BCUT2D eigenvalue weighted by Gasteiger charge is -2.23. The molecule has 4 rings (SSSR count). The first kappa shape index (κ1) is 35.1. The third kappa shape index (κ3) is 9.62. The zero-order valence-corrected chi connectivity index (χ0v) is 26.8. The van der Waals surface area contributed by atoms with Crippen LogP contribution in [0.25, 0.3) is 11.1 Å². The predicted octanol–water partition coefficient (Wildman–Crippen LogP) is 4.88. The number of hydrogen-bond acceptors (Lipinski definition) is 8. The van der Waals surface area contributed by atoms with Crippen LogP contribution in [0.15, 0.2) is 97.1 Å². The van der Waals surface area contributed by atoms with Gasteiger partial charge in [0, 0.05) is 0 Å². The van der Waals surface area contributed by atoms with Crippen LogP contribution in [0, 0.1) is 13.8 Å². The minimum Gasteiger partial charge on any atom is -0.493 e. The maximum Gasteiger partial charge on any atom is 0.122 e. The summed E-state index contributed by atoms with van der Waals surface area (Å²) >= 11 is 0. The molecule has 0 unspecified atom stereocenters. The molecule has 0 spiro atoms. The summed E-state index contributed by atoms with van der Waals surface area (Å²) in [6, 6.07) is 29.9. The van der Waals surface area contributed by atoms with Gasteiger partial charge in [0.05, 0.1) is 50.7 Å². The van der Waals surface area contributed by atoms with Crippen molar-refractivity contribution in [3.63, 3.8) is 0 Å². The van der Waals surface area contributed by atoms with Gasteiger partial charge in [-0.1, -0.05) is 84.9 Å². The molecule has 0 saturated heterocycles. The van der Waals surface area contributed by atoms with Crippen LogP contribution in [0.4, 0.5) is 0 Å². The summed E-state index contributed by atoms with van der Waals surface area (Å²) in [5.74, 6) is 1.63. The van der Waals surface area contributed by atoms with E-state index in [9.17, 15) is 20.4 Å². The average molecular weight is 629 g/mol. The Hall–Kier alpha value is -3.76. The van der Waals surface area contributed by atoms with E-state index in [4.69, 9.17) is 9.47 Å². The van der Waals surface area contributed by atoms with Crippen molar-refractivity contribution in [3.05, 3.63) is 119 Å². The minimum atomic E-state index is -0.789. The van der Waals surface area contributed by atoms with Crippen molar-refractivity contribution in [1.29, 1.82) is 0 Å². The summed E-state index contributed by atoms with van der Waals surface area (Å²) in [5, 5.41) is 47.3. The van der Waals surface area contributed by atoms with Crippen molar-refractivity contribution >= 4 is 0 Å². The second-order valence-corrected chi connectivity index (χ2v) is 11.5. The van der Waals surface area contributed by atoms with E-state index in [1.165, 1.54) is 0 Å². The van der Waals surface area contributed by atoms with E-state index in [1.807, 2.05) is 84.9 Å². The molecule has 0 amide bonds. The van der Waals surface area contributed by atoms with Gasteiger partial charge in [-0.15, -0.1) is 0 Å². The summed E-state index contributed by atoms with van der Waals surface area (Å²) in [6.45, 7) is 5.95. The standard InChI is InChI=1S/C38H48N2O6/c1-27-31(17-9-19-35(27)45-23-11-21-39-33(25-41)37(43)29-13-5-3-6-14-29)32-18-10-20-36(28(32)2)46-24-12-22-40-34(26-42)38(44)30-15-7-4-8-16-30/h3-10,13-20,33-34,37-44H,11-12,21-26H2,1-2H3/t33-,34-,37-,38-/m1/s1. The maximum atomic E-state index is 10.6. The molecule has 0 radical (unpaired) electrons. The van der Waals surface area contributed by atoms with Crippen LogP contribution in [0.5, 0.6) is 11.5 Å². The Bertz CT molecular complexity index is 1340. The minimum absolute atomic E-state index is 0.167. The van der Waals surface area contributed by atoms with E-state index in [-0.39, 0.29) is 13.2 Å². The molecule has 8 heteroatoms. The Labute approximate surface area is 272 Å². The Kier molecular flexibility index (Phi) is 14.0. The Morgan fingerprint density at radius 1 is 0.543 bits per heavy atom. The van der Waals surface area contributed by atoms with Gasteiger partial charge in [-0.05, 0) is 85.3 Å². The topological polar surface area (TPSA) is 123 Å². The molecule has 46 heavy (non-hydrogen) atoms. The molecule has 4 atom stereocenters. The summed E-state index contributed by atoms with van der Waals surface area (Å²) in [6.07, 6.45) is -0.154. The predicted molar refractivity (Wildman–Crippen MR) is 182 cm³/mol. The van der Waals surface area contributed by atoms with Gasteiger partial charge in [0.25, 0.3) is 0 Å². The SMILES string of the molecule is Cc1c(OCCCN[C@H](CO)[C@H](O)c2ccccc2)cccc1-c1cccc(OCCCN[C@H](CO)[C@H](O)c2ccccc2)c1C. The van der Waals surface area contributed by atoms with Gasteiger partial charge in [0.15, 0.2) is 0 Å². The highest BCUT2D eigenvalue weighted by molar-refractivity contribution is 5.74. The fourth-order valence-corrected chi connectivity index (χ4v) is 5.53. The molecular weight excluding hydrogens is 580 g/mol. The van der Waals surface area contributed by atoms with E-state index in [0.717, 1.165) is 44.9 Å². The van der Waals surface area contributed by atoms with Gasteiger partial charge < -0.3 is 40.5 Å². The highest BCUT2D eigenvalue weighted by Crippen LogP contribution is 2.35. The largest absolute Gasteiger partial charge is 0.493 e. The Morgan fingerprint density at radius 3 is 1.30 bits per heavy atom. The lowest BCUT2D eigenvalue weighted by Crippen LogP contribution is -2.39. The van der Waals surface area contributed by atoms with Crippen LogP contribution in [0.2, 0.25) is 0 Å². The first-order valence-electron chi connectivity index (χ1n) is 16.0. The number of hydrogen-bond donors (Lipinski definition) is 6. The normalized spacial score (nSPS) is 14.0. The molecule has 0 heterocycles. The van der Waals surface area contributed by atoms with Crippen molar-refractivity contribution in [2.24, 2.45) is 0 Å². The van der Waals surface area contributed by atoms with Gasteiger partial charge in [0.1, 0.15) is 11.5 Å². The zero-order valence-electron chi connectivity index (χ0n) is 26.8. The molecule has 246 valence electrons. The molecule has 0 aliphatic rings. The fraction of sp³-hybridized carbons (Fsp3) is 0.368. The molecule has 0 aromatic heterocycles. The summed E-state index contributed by atoms with van der Waals surface area (Å²) in [4.78, 5) is 0. The Morgan fingerprint density at radius 2 is 0.935 bits per heavy atom. The van der Waals surface area contributed by atoms with Crippen molar-refractivity contribution < 1.29 is 29.9 Å². The van der Waals surface area contributed by atoms with Crippen molar-refractivity contribution in [3.8, 4) is 22.6 Å². The highest BCUT2D eigenvalue weighted by atomic mass is 16.5. The molecule has 0 aliphatic carbocycles. The van der Waals surface area contributed by atoms with Gasteiger partial charge in [0.2, 0.25) is 0 Å². The van der Waals surface area contributed by atoms with Crippen molar-refractivity contribution in [2.45, 2.75) is 51.0 Å². The molecule has 4 aromatic rings. The molecular formula is C38H48N2O6. The van der Waals surface area contributed by atoms with Crippen LogP contribution >= 0.6 is 0 Å². The van der Waals surface area contributed by atoms with E-state index in [1.54, 1.807) is 0 Å². The molecule has 0 bridgehead atoms. The maximum absolute atomic E-state index is 10.6. The van der Waals surface area contributed by atoms with E-state index in [0.29, 0.717) is 39.1 Å². The summed E-state index contributed by atoms with van der Waals surface area (Å²) < 4.78 is 12.3. The summed E-state index contributed by atoms with van der Waals surface area (Å²) in [7, 11) is 0. The molecule has 4 aromatic carbocycles. The third-order valence-corrected chi connectivity index (χ3v) is 8.27. The van der Waals surface area contributed by atoms with E-state index >= 15 is 0 Å². The number of rotatable bonds is 19. The van der Waals surface area contributed by atoms with E-state index < -0.39 is 24.3 Å². The average Bonchev–Trinajstić information content (AvgIpc) is 3.09. The monoisotopic (exact) mass is 628 g/mol. The second-order valence-electron chi connectivity index (χ2n) is 11.5. The van der Waals surface area contributed by atoms with Crippen LogP contribution in [0.3, 0.4) is 0 Å². The van der Waals surface area contributed by atoms with Crippen molar-refractivity contribution in [1.82, 2.24) is 10.6 Å². The number of ether oxygens (including phenoxy) is 2. The van der Waals surface area contributed by atoms with Crippen LogP contribution in [-0.4, -0.2) is 72.0 Å².